The predicted octanol–water partition coefficient (Wildman–Crippen LogP) is 1.71. The minimum absolute atomic E-state index is 0.475. The first-order valence-electron chi connectivity index (χ1n) is 3.32. The van der Waals surface area contributed by atoms with Gasteiger partial charge in [-0.1, -0.05) is 0 Å². The summed E-state index contributed by atoms with van der Waals surface area (Å²) in [4.78, 5) is 0. The fourth-order valence-electron chi connectivity index (χ4n) is 0.641. The van der Waals surface area contributed by atoms with Crippen LogP contribution >= 0.6 is 11.6 Å². The molecule has 2 nitrogen and oxygen atoms in total. The van der Waals surface area contributed by atoms with Crippen LogP contribution in [0, 0.1) is 0 Å². The van der Waals surface area contributed by atoms with Crippen molar-refractivity contribution in [2.24, 2.45) is 0 Å². The maximum Gasteiger partial charge on any atom is 0.113 e. The molecule has 0 saturated carbocycles. The van der Waals surface area contributed by atoms with Crippen molar-refractivity contribution in [3.63, 3.8) is 0 Å². The van der Waals surface area contributed by atoms with Gasteiger partial charge in [0.25, 0.3) is 0 Å². The summed E-state index contributed by atoms with van der Waals surface area (Å²) in [5.41, 5.74) is 0.948. The van der Waals surface area contributed by atoms with E-state index >= 15 is 0 Å². The molecule has 0 spiro atoms. The predicted molar refractivity (Wildman–Crippen MR) is 44.1 cm³/mol. The Labute approximate surface area is 67.2 Å². The van der Waals surface area contributed by atoms with Gasteiger partial charge in [0.1, 0.15) is 5.76 Å². The van der Waals surface area contributed by atoms with Crippen LogP contribution in [-0.2, 0) is 4.74 Å². The van der Waals surface area contributed by atoms with Gasteiger partial charge in [-0.15, -0.1) is 11.6 Å². The Balaban J connectivity index is 3.98. The first-order chi connectivity index (χ1) is 4.76. The van der Waals surface area contributed by atoms with Crippen molar-refractivity contribution in [2.45, 2.75) is 13.8 Å². The third-order valence-electron chi connectivity index (χ3n) is 1.22. The van der Waals surface area contributed by atoms with E-state index in [1.807, 2.05) is 20.9 Å². The number of alkyl halides is 1. The van der Waals surface area contributed by atoms with Crippen molar-refractivity contribution >= 4 is 11.6 Å². The van der Waals surface area contributed by atoms with E-state index in [2.05, 4.69) is 5.32 Å². The van der Waals surface area contributed by atoms with Crippen LogP contribution in [0.4, 0.5) is 0 Å². The zero-order chi connectivity index (χ0) is 7.98. The number of rotatable bonds is 4. The van der Waals surface area contributed by atoms with Gasteiger partial charge in [-0.25, -0.2) is 0 Å². The molecule has 0 unspecified atom stereocenters. The molecule has 10 heavy (non-hydrogen) atoms. The fraction of sp³-hybridized carbons (Fsp3) is 0.714. The zero-order valence-electron chi connectivity index (χ0n) is 6.70. The smallest absolute Gasteiger partial charge is 0.113 e. The van der Waals surface area contributed by atoms with Crippen molar-refractivity contribution in [3.05, 3.63) is 11.5 Å². The minimum atomic E-state index is 0.475. The Bertz CT molecular complexity index is 117. The van der Waals surface area contributed by atoms with Gasteiger partial charge in [-0.3, -0.25) is 0 Å². The van der Waals surface area contributed by atoms with Gasteiger partial charge in [-0.2, -0.15) is 0 Å². The molecule has 0 rings (SSSR count). The lowest BCUT2D eigenvalue weighted by Crippen LogP contribution is -2.10. The molecule has 0 amide bonds. The lowest BCUT2D eigenvalue weighted by atomic mass is 10.4. The molecule has 0 fully saturated rings. The lowest BCUT2D eigenvalue weighted by molar-refractivity contribution is 0.226. The van der Waals surface area contributed by atoms with Crippen molar-refractivity contribution in [1.29, 1.82) is 0 Å². The number of allylic oxidation sites excluding steroid dienone is 2. The van der Waals surface area contributed by atoms with E-state index in [0.717, 1.165) is 11.5 Å². The largest absolute Gasteiger partial charge is 0.497 e. The Kier molecular flexibility index (Phi) is 5.22. The van der Waals surface area contributed by atoms with Crippen LogP contribution in [0.3, 0.4) is 0 Å². The maximum atomic E-state index is 5.60. The van der Waals surface area contributed by atoms with Crippen LogP contribution in [0.1, 0.15) is 13.8 Å². The number of ether oxygens (including phenoxy) is 1. The summed E-state index contributed by atoms with van der Waals surface area (Å²) in [6.07, 6.45) is 0. The monoisotopic (exact) mass is 163 g/mol. The molecule has 0 aliphatic heterocycles. The van der Waals surface area contributed by atoms with Crippen LogP contribution in [0.2, 0.25) is 0 Å². The summed E-state index contributed by atoms with van der Waals surface area (Å²) in [7, 11) is 1.83. The summed E-state index contributed by atoms with van der Waals surface area (Å²) >= 11 is 5.60. The van der Waals surface area contributed by atoms with Crippen LogP contribution in [0.5, 0.6) is 0 Å². The highest BCUT2D eigenvalue weighted by Crippen LogP contribution is 2.03. The highest BCUT2D eigenvalue weighted by atomic mass is 35.5. The number of nitrogens with one attached hydrogen (secondary N) is 1. The average Bonchev–Trinajstić information content (AvgIpc) is 1.91. The maximum absolute atomic E-state index is 5.60. The van der Waals surface area contributed by atoms with Gasteiger partial charge >= 0.3 is 0 Å². The molecule has 1 N–H and O–H groups in total. The second-order valence-electron chi connectivity index (χ2n) is 1.85. The molecular formula is C7H14ClNO. The summed E-state index contributed by atoms with van der Waals surface area (Å²) in [6, 6.07) is 0. The average molecular weight is 164 g/mol. The molecule has 0 aliphatic rings. The highest BCUT2D eigenvalue weighted by Gasteiger charge is 1.97. The zero-order valence-corrected chi connectivity index (χ0v) is 7.46. The molecule has 0 radical (unpaired) electrons. The first kappa shape index (κ1) is 9.63. The summed E-state index contributed by atoms with van der Waals surface area (Å²) < 4.78 is 5.22. The van der Waals surface area contributed by atoms with Crippen LogP contribution in [0.15, 0.2) is 11.5 Å². The Morgan fingerprint density at radius 1 is 1.60 bits per heavy atom. The van der Waals surface area contributed by atoms with Crippen LogP contribution < -0.4 is 5.32 Å². The topological polar surface area (TPSA) is 21.3 Å². The molecule has 3 heteroatoms. The lowest BCUT2D eigenvalue weighted by Gasteiger charge is -2.08. The molecular weight excluding hydrogens is 150 g/mol. The van der Waals surface area contributed by atoms with Gasteiger partial charge in [0, 0.05) is 7.05 Å². The van der Waals surface area contributed by atoms with Crippen molar-refractivity contribution in [1.82, 2.24) is 5.32 Å². The van der Waals surface area contributed by atoms with E-state index in [4.69, 9.17) is 16.3 Å². The van der Waals surface area contributed by atoms with E-state index in [1.54, 1.807) is 0 Å². The van der Waals surface area contributed by atoms with Crippen molar-refractivity contribution in [3.8, 4) is 0 Å². The van der Waals surface area contributed by atoms with E-state index in [0.29, 0.717) is 12.5 Å². The van der Waals surface area contributed by atoms with Crippen LogP contribution in [0.25, 0.3) is 0 Å². The summed E-state index contributed by atoms with van der Waals surface area (Å²) in [5, 5.41) is 2.96. The SMILES string of the molecule is CCO/C(C)=C(/CCl)NC. The fourth-order valence-corrected chi connectivity index (χ4v) is 0.962. The molecule has 0 aromatic carbocycles. The molecule has 0 aliphatic carbocycles. The molecule has 0 saturated heterocycles. The van der Waals surface area contributed by atoms with E-state index in [-0.39, 0.29) is 0 Å². The van der Waals surface area contributed by atoms with Gasteiger partial charge in [0.05, 0.1) is 18.2 Å². The quantitative estimate of drug-likeness (QED) is 0.504. The van der Waals surface area contributed by atoms with Crippen molar-refractivity contribution < 1.29 is 4.74 Å². The molecule has 0 atom stereocenters. The normalized spacial score (nSPS) is 12.4. The highest BCUT2D eigenvalue weighted by molar-refractivity contribution is 6.19. The third kappa shape index (κ3) is 2.97. The van der Waals surface area contributed by atoms with E-state index in [9.17, 15) is 0 Å². The van der Waals surface area contributed by atoms with E-state index < -0.39 is 0 Å². The summed E-state index contributed by atoms with van der Waals surface area (Å²) in [6.45, 7) is 4.54. The molecule has 0 aromatic heterocycles. The van der Waals surface area contributed by atoms with Crippen molar-refractivity contribution in [2.75, 3.05) is 19.5 Å². The number of hydrogen-bond donors (Lipinski definition) is 1. The Morgan fingerprint density at radius 3 is 2.50 bits per heavy atom. The number of hydrogen-bond acceptors (Lipinski definition) is 2. The second kappa shape index (κ2) is 5.42. The van der Waals surface area contributed by atoms with E-state index in [1.165, 1.54) is 0 Å². The van der Waals surface area contributed by atoms with Gasteiger partial charge in [0.2, 0.25) is 0 Å². The van der Waals surface area contributed by atoms with Crippen LogP contribution in [-0.4, -0.2) is 19.5 Å². The van der Waals surface area contributed by atoms with Gasteiger partial charge in [-0.05, 0) is 13.8 Å². The minimum Gasteiger partial charge on any atom is -0.497 e. The first-order valence-corrected chi connectivity index (χ1v) is 3.86. The van der Waals surface area contributed by atoms with Gasteiger partial charge in [0.15, 0.2) is 0 Å². The molecule has 60 valence electrons. The molecule has 0 heterocycles. The third-order valence-corrected chi connectivity index (χ3v) is 1.49. The standard InChI is InChI=1S/C7H14ClNO/c1-4-10-6(2)7(5-8)9-3/h9H,4-5H2,1-3H3/b7-6-. The van der Waals surface area contributed by atoms with Gasteiger partial charge < -0.3 is 10.1 Å². The Hall–Kier alpha value is -0.370. The molecule has 0 aromatic rings. The second-order valence-corrected chi connectivity index (χ2v) is 2.12. The molecule has 0 bridgehead atoms. The summed E-state index contributed by atoms with van der Waals surface area (Å²) in [5.74, 6) is 1.35. The Morgan fingerprint density at radius 2 is 2.20 bits per heavy atom. The number of halogens is 1.